The van der Waals surface area contributed by atoms with Crippen molar-refractivity contribution in [2.24, 2.45) is 7.05 Å². The average molecular weight is 357 g/mol. The zero-order valence-corrected chi connectivity index (χ0v) is 13.8. The van der Waals surface area contributed by atoms with Crippen LogP contribution in [0.2, 0.25) is 0 Å². The second-order valence-electron chi connectivity index (χ2n) is 5.36. The van der Waals surface area contributed by atoms with Crippen LogP contribution in [0.4, 0.5) is 10.1 Å². The van der Waals surface area contributed by atoms with E-state index in [0.717, 1.165) is 6.07 Å². The van der Waals surface area contributed by atoms with Gasteiger partial charge in [0.2, 0.25) is 0 Å². The number of pyridine rings is 1. The van der Waals surface area contributed by atoms with Crippen molar-refractivity contribution in [3.05, 3.63) is 70.3 Å². The highest BCUT2D eigenvalue weighted by Crippen LogP contribution is 2.24. The van der Waals surface area contributed by atoms with E-state index < -0.39 is 15.8 Å². The number of nitrogens with one attached hydrogen (secondary N) is 1. The molecule has 0 atom stereocenters. The third kappa shape index (κ3) is 3.09. The van der Waals surface area contributed by atoms with Gasteiger partial charge in [0.15, 0.2) is 0 Å². The third-order valence-corrected chi connectivity index (χ3v) is 5.13. The molecule has 126 valence electrons. The molecule has 8 heteroatoms. The van der Waals surface area contributed by atoms with E-state index in [-0.39, 0.29) is 16.1 Å². The van der Waals surface area contributed by atoms with Gasteiger partial charge >= 0.3 is 0 Å². The van der Waals surface area contributed by atoms with E-state index in [1.807, 2.05) is 6.07 Å². The molecular formula is C17H12FN3O3S. The van der Waals surface area contributed by atoms with Crippen molar-refractivity contribution in [3.8, 4) is 6.07 Å². The number of benzene rings is 2. The Morgan fingerprint density at radius 3 is 2.44 bits per heavy atom. The molecule has 0 amide bonds. The summed E-state index contributed by atoms with van der Waals surface area (Å²) in [6, 6.07) is 12.4. The molecule has 0 radical (unpaired) electrons. The molecule has 1 aromatic heterocycles. The lowest BCUT2D eigenvalue weighted by Crippen LogP contribution is -2.17. The van der Waals surface area contributed by atoms with Gasteiger partial charge in [0.05, 0.1) is 27.7 Å². The van der Waals surface area contributed by atoms with Crippen LogP contribution in [0.3, 0.4) is 0 Å². The van der Waals surface area contributed by atoms with Crippen molar-refractivity contribution in [1.82, 2.24) is 4.57 Å². The highest BCUT2D eigenvalue weighted by molar-refractivity contribution is 7.92. The number of nitrogens with zero attached hydrogens (tertiary/aromatic N) is 2. The smallest absolute Gasteiger partial charge is 0.261 e. The maximum atomic E-state index is 14.3. The molecule has 2 aromatic carbocycles. The fourth-order valence-electron chi connectivity index (χ4n) is 2.39. The Hall–Kier alpha value is -3.18. The average Bonchev–Trinajstić information content (AvgIpc) is 2.59. The van der Waals surface area contributed by atoms with E-state index >= 15 is 0 Å². The van der Waals surface area contributed by atoms with Gasteiger partial charge in [0, 0.05) is 24.6 Å². The van der Waals surface area contributed by atoms with Gasteiger partial charge in [-0.2, -0.15) is 5.26 Å². The maximum absolute atomic E-state index is 14.3. The first-order chi connectivity index (χ1) is 11.8. The lowest BCUT2D eigenvalue weighted by atomic mass is 10.2. The predicted molar refractivity (Wildman–Crippen MR) is 91.1 cm³/mol. The summed E-state index contributed by atoms with van der Waals surface area (Å²) in [5.41, 5.74) is 0.149. The topological polar surface area (TPSA) is 92.0 Å². The first-order valence-electron chi connectivity index (χ1n) is 7.14. The number of anilines is 1. The lowest BCUT2D eigenvalue weighted by molar-refractivity contribution is 0.598. The molecule has 0 aliphatic carbocycles. The Labute approximate surface area is 142 Å². The van der Waals surface area contributed by atoms with Crippen molar-refractivity contribution in [2.75, 3.05) is 4.72 Å². The fourth-order valence-corrected chi connectivity index (χ4v) is 3.44. The summed E-state index contributed by atoms with van der Waals surface area (Å²) < 4.78 is 42.6. The van der Waals surface area contributed by atoms with Crippen LogP contribution in [-0.2, 0) is 17.1 Å². The van der Waals surface area contributed by atoms with Crippen LogP contribution < -0.4 is 10.3 Å². The van der Waals surface area contributed by atoms with Crippen molar-refractivity contribution >= 4 is 26.6 Å². The number of fused-ring (bicyclic) bond motifs is 1. The maximum Gasteiger partial charge on any atom is 0.261 e. The molecule has 0 fully saturated rings. The molecule has 1 N–H and O–H groups in total. The van der Waals surface area contributed by atoms with E-state index in [1.165, 1.54) is 54.1 Å². The van der Waals surface area contributed by atoms with Gasteiger partial charge in [-0.15, -0.1) is 0 Å². The molecule has 0 saturated heterocycles. The minimum absolute atomic E-state index is 0.0912. The van der Waals surface area contributed by atoms with Crippen molar-refractivity contribution in [1.29, 1.82) is 5.26 Å². The van der Waals surface area contributed by atoms with Gasteiger partial charge in [0.25, 0.3) is 15.6 Å². The molecule has 0 aliphatic heterocycles. The number of halogens is 1. The second-order valence-corrected chi connectivity index (χ2v) is 7.05. The first kappa shape index (κ1) is 16.7. The molecule has 1 heterocycles. The van der Waals surface area contributed by atoms with Gasteiger partial charge in [-0.3, -0.25) is 9.52 Å². The Morgan fingerprint density at radius 2 is 1.80 bits per heavy atom. The summed E-state index contributed by atoms with van der Waals surface area (Å²) in [7, 11) is -2.51. The zero-order valence-electron chi connectivity index (χ0n) is 13.0. The molecule has 0 spiro atoms. The Kier molecular flexibility index (Phi) is 4.02. The monoisotopic (exact) mass is 357 g/mol. The van der Waals surface area contributed by atoms with Crippen LogP contribution in [0.5, 0.6) is 0 Å². The van der Waals surface area contributed by atoms with Crippen LogP contribution in [0.1, 0.15) is 5.56 Å². The second kappa shape index (κ2) is 6.03. The quantitative estimate of drug-likeness (QED) is 0.779. The minimum Gasteiger partial charge on any atom is -0.311 e. The summed E-state index contributed by atoms with van der Waals surface area (Å²) in [4.78, 5) is 11.5. The molecule has 0 saturated carbocycles. The molecular weight excluding hydrogens is 345 g/mol. The van der Waals surface area contributed by atoms with Crippen LogP contribution in [-0.4, -0.2) is 13.0 Å². The van der Waals surface area contributed by atoms with Gasteiger partial charge in [-0.25, -0.2) is 12.8 Å². The van der Waals surface area contributed by atoms with Crippen LogP contribution in [0, 0.1) is 17.1 Å². The number of hydrogen-bond acceptors (Lipinski definition) is 4. The number of nitriles is 1. The molecule has 6 nitrogen and oxygen atoms in total. The number of aromatic nitrogens is 1. The normalized spacial score (nSPS) is 11.2. The Bertz CT molecular complexity index is 1180. The van der Waals surface area contributed by atoms with E-state index in [2.05, 4.69) is 4.72 Å². The lowest BCUT2D eigenvalue weighted by Gasteiger charge is -2.11. The highest BCUT2D eigenvalue weighted by Gasteiger charge is 2.17. The molecule has 3 rings (SSSR count). The number of hydrogen-bond donors (Lipinski definition) is 1. The summed E-state index contributed by atoms with van der Waals surface area (Å²) in [6.07, 6.45) is 0. The highest BCUT2D eigenvalue weighted by atomic mass is 32.2. The van der Waals surface area contributed by atoms with E-state index in [4.69, 9.17) is 5.26 Å². The summed E-state index contributed by atoms with van der Waals surface area (Å²) >= 11 is 0. The largest absolute Gasteiger partial charge is 0.311 e. The SMILES string of the molecule is Cn1c(=O)ccc2cc(NS(=O)(=O)c3ccc(C#N)cc3)c(F)cc21. The summed E-state index contributed by atoms with van der Waals surface area (Å²) in [6.45, 7) is 0. The standard InChI is InChI=1S/C17H12FN3O3S/c1-21-16-9-14(18)15(8-12(16)4-7-17(21)22)20-25(23,24)13-5-2-11(10-19)3-6-13/h2-9,20H,1H3. The fraction of sp³-hybridized carbons (Fsp3) is 0.0588. The molecule has 25 heavy (non-hydrogen) atoms. The summed E-state index contributed by atoms with van der Waals surface area (Å²) in [5, 5.41) is 9.27. The van der Waals surface area contributed by atoms with Crippen molar-refractivity contribution in [3.63, 3.8) is 0 Å². The summed E-state index contributed by atoms with van der Waals surface area (Å²) in [5.74, 6) is -0.800. The molecule has 0 unspecified atom stereocenters. The number of rotatable bonds is 3. The van der Waals surface area contributed by atoms with E-state index in [9.17, 15) is 17.6 Å². The van der Waals surface area contributed by atoms with Crippen LogP contribution in [0.15, 0.2) is 58.2 Å². The molecule has 0 aliphatic rings. The van der Waals surface area contributed by atoms with E-state index in [0.29, 0.717) is 16.5 Å². The Morgan fingerprint density at radius 1 is 1.12 bits per heavy atom. The van der Waals surface area contributed by atoms with Gasteiger partial charge < -0.3 is 4.57 Å². The van der Waals surface area contributed by atoms with Gasteiger partial charge in [0.1, 0.15) is 5.82 Å². The minimum atomic E-state index is -4.02. The zero-order chi connectivity index (χ0) is 18.2. The van der Waals surface area contributed by atoms with E-state index in [1.54, 1.807) is 0 Å². The Balaban J connectivity index is 2.04. The van der Waals surface area contributed by atoms with Crippen LogP contribution in [0.25, 0.3) is 10.9 Å². The van der Waals surface area contributed by atoms with Gasteiger partial charge in [-0.05, 0) is 36.4 Å². The van der Waals surface area contributed by atoms with Crippen molar-refractivity contribution in [2.45, 2.75) is 4.90 Å². The molecule has 0 bridgehead atoms. The van der Waals surface area contributed by atoms with Gasteiger partial charge in [-0.1, -0.05) is 0 Å². The first-order valence-corrected chi connectivity index (χ1v) is 8.62. The molecule has 3 aromatic rings. The number of sulfonamides is 1. The van der Waals surface area contributed by atoms with Crippen LogP contribution >= 0.6 is 0 Å². The third-order valence-electron chi connectivity index (χ3n) is 3.75. The predicted octanol–water partition coefficient (Wildman–Crippen LogP) is 2.35. The van der Waals surface area contributed by atoms with Crippen molar-refractivity contribution < 1.29 is 12.8 Å². The number of aryl methyl sites for hydroxylation is 1.